The number of aliphatic hydroxyl groups excluding tert-OH is 1. The van der Waals surface area contributed by atoms with Gasteiger partial charge in [0, 0.05) is 22.4 Å². The van der Waals surface area contributed by atoms with E-state index in [-0.39, 0.29) is 11.2 Å². The number of hydrogen-bond donors (Lipinski definition) is 1. The topological polar surface area (TPSA) is 77.2 Å². The van der Waals surface area contributed by atoms with Crippen LogP contribution in [0.5, 0.6) is 0 Å². The van der Waals surface area contributed by atoms with Gasteiger partial charge in [0.1, 0.15) is 0 Å². The number of esters is 1. The predicted molar refractivity (Wildman–Crippen MR) is 101 cm³/mol. The molecule has 1 N–H and O–H groups in total. The highest BCUT2D eigenvalue weighted by atomic mass is 32.2. The fourth-order valence-electron chi connectivity index (χ4n) is 3.21. The standard InChI is InChI=1S/C19H19N3O3S/c1-25-19(24)12-4-6-15(7-5-12)22-18-14(11-21-22)9-13(10-20-18)17(23)16-3-2-8-26-16/h4-7,9-11,16-17,23H,2-3,8H2,1H3/t16-,17+/m0/s1. The molecule has 0 amide bonds. The number of fused-ring (bicyclic) bond motifs is 1. The Morgan fingerprint density at radius 2 is 2.15 bits per heavy atom. The Kier molecular flexibility index (Phi) is 4.65. The lowest BCUT2D eigenvalue weighted by molar-refractivity contribution is 0.0600. The fraction of sp³-hybridized carbons (Fsp3) is 0.316. The minimum absolute atomic E-state index is 0.246. The molecule has 2 atom stereocenters. The molecule has 4 rings (SSSR count). The van der Waals surface area contributed by atoms with E-state index in [1.165, 1.54) is 7.11 Å². The first-order valence-corrected chi connectivity index (χ1v) is 9.54. The minimum atomic E-state index is -0.498. The maximum Gasteiger partial charge on any atom is 0.337 e. The van der Waals surface area contributed by atoms with Crippen LogP contribution in [0.3, 0.4) is 0 Å². The van der Waals surface area contributed by atoms with E-state index in [1.807, 2.05) is 17.8 Å². The van der Waals surface area contributed by atoms with Gasteiger partial charge in [0.15, 0.2) is 5.65 Å². The minimum Gasteiger partial charge on any atom is -0.465 e. The number of carbonyl (C=O) groups is 1. The van der Waals surface area contributed by atoms with Crippen LogP contribution in [0.25, 0.3) is 16.7 Å². The van der Waals surface area contributed by atoms with Gasteiger partial charge in [-0.1, -0.05) is 0 Å². The average Bonchev–Trinajstić information content (AvgIpc) is 3.36. The first-order chi connectivity index (χ1) is 12.7. The van der Waals surface area contributed by atoms with Crippen LogP contribution in [0.15, 0.2) is 42.7 Å². The van der Waals surface area contributed by atoms with E-state index < -0.39 is 6.10 Å². The highest BCUT2D eigenvalue weighted by molar-refractivity contribution is 8.00. The summed E-state index contributed by atoms with van der Waals surface area (Å²) in [5.41, 5.74) is 2.84. The summed E-state index contributed by atoms with van der Waals surface area (Å²) in [6.45, 7) is 0. The predicted octanol–water partition coefficient (Wildman–Crippen LogP) is 3.14. The lowest BCUT2D eigenvalue weighted by Crippen LogP contribution is -2.12. The van der Waals surface area contributed by atoms with E-state index in [1.54, 1.807) is 41.3 Å². The SMILES string of the molecule is COC(=O)c1ccc(-n2ncc3cc([C@@H](O)[C@@H]4CCCS4)cnc32)cc1. The number of carbonyl (C=O) groups excluding carboxylic acids is 1. The normalized spacial score (nSPS) is 18.2. The Bertz CT molecular complexity index is 933. The lowest BCUT2D eigenvalue weighted by atomic mass is 10.0. The third-order valence-electron chi connectivity index (χ3n) is 4.62. The number of benzene rings is 1. The smallest absolute Gasteiger partial charge is 0.337 e. The number of ether oxygens (including phenoxy) is 1. The molecule has 6 nitrogen and oxygen atoms in total. The summed E-state index contributed by atoms with van der Waals surface area (Å²) in [4.78, 5) is 16.1. The zero-order valence-electron chi connectivity index (χ0n) is 14.3. The van der Waals surface area contributed by atoms with Crippen molar-refractivity contribution < 1.29 is 14.6 Å². The molecular formula is C19H19N3O3S. The third-order valence-corrected chi connectivity index (χ3v) is 6.07. The molecule has 3 heterocycles. The summed E-state index contributed by atoms with van der Waals surface area (Å²) in [5, 5.41) is 16.1. The molecule has 26 heavy (non-hydrogen) atoms. The number of aliphatic hydroxyl groups is 1. The van der Waals surface area contributed by atoms with Crippen molar-refractivity contribution in [1.82, 2.24) is 14.8 Å². The molecule has 1 fully saturated rings. The van der Waals surface area contributed by atoms with E-state index in [4.69, 9.17) is 4.74 Å². The number of methoxy groups -OCH3 is 1. The number of rotatable bonds is 4. The third kappa shape index (κ3) is 3.08. The van der Waals surface area contributed by atoms with Crippen molar-refractivity contribution in [1.29, 1.82) is 0 Å². The van der Waals surface area contributed by atoms with Crippen LogP contribution in [0.1, 0.15) is 34.9 Å². The summed E-state index contributed by atoms with van der Waals surface area (Å²) in [6, 6.07) is 8.96. The number of thioether (sulfide) groups is 1. The van der Waals surface area contributed by atoms with Crippen molar-refractivity contribution in [2.45, 2.75) is 24.2 Å². The highest BCUT2D eigenvalue weighted by Crippen LogP contribution is 2.36. The van der Waals surface area contributed by atoms with Gasteiger partial charge in [-0.2, -0.15) is 16.9 Å². The molecule has 1 aliphatic heterocycles. The Hall–Kier alpha value is -2.38. The summed E-state index contributed by atoms with van der Waals surface area (Å²) in [5.74, 6) is 0.736. The first-order valence-electron chi connectivity index (χ1n) is 8.49. The van der Waals surface area contributed by atoms with Gasteiger partial charge >= 0.3 is 5.97 Å². The van der Waals surface area contributed by atoms with Gasteiger partial charge in [-0.3, -0.25) is 0 Å². The van der Waals surface area contributed by atoms with Gasteiger partial charge in [-0.25, -0.2) is 14.5 Å². The zero-order valence-corrected chi connectivity index (χ0v) is 15.1. The number of pyridine rings is 1. The molecule has 0 aliphatic carbocycles. The first kappa shape index (κ1) is 17.1. The van der Waals surface area contributed by atoms with E-state index >= 15 is 0 Å². The van der Waals surface area contributed by atoms with Crippen molar-refractivity contribution >= 4 is 28.8 Å². The molecule has 0 radical (unpaired) electrons. The van der Waals surface area contributed by atoms with Gasteiger partial charge in [0.25, 0.3) is 0 Å². The second kappa shape index (κ2) is 7.09. The number of aromatic nitrogens is 3. The van der Waals surface area contributed by atoms with Crippen LogP contribution < -0.4 is 0 Å². The van der Waals surface area contributed by atoms with E-state index in [0.717, 1.165) is 35.2 Å². The van der Waals surface area contributed by atoms with Crippen LogP contribution in [0, 0.1) is 0 Å². The van der Waals surface area contributed by atoms with Gasteiger partial charge in [0.2, 0.25) is 0 Å². The van der Waals surface area contributed by atoms with Gasteiger partial charge in [0.05, 0.1) is 30.7 Å². The second-order valence-electron chi connectivity index (χ2n) is 6.27. The van der Waals surface area contributed by atoms with Crippen LogP contribution in [0.4, 0.5) is 0 Å². The van der Waals surface area contributed by atoms with E-state index in [9.17, 15) is 9.90 Å². The monoisotopic (exact) mass is 369 g/mol. The van der Waals surface area contributed by atoms with Crippen molar-refractivity contribution in [3.8, 4) is 5.69 Å². The fourth-order valence-corrected chi connectivity index (χ4v) is 4.52. The molecule has 3 aromatic rings. The molecule has 0 spiro atoms. The maximum atomic E-state index is 11.6. The highest BCUT2D eigenvalue weighted by Gasteiger charge is 2.25. The Morgan fingerprint density at radius 1 is 1.35 bits per heavy atom. The summed E-state index contributed by atoms with van der Waals surface area (Å²) < 4.78 is 6.43. The Labute approximate surface area is 155 Å². The molecule has 0 unspecified atom stereocenters. The van der Waals surface area contributed by atoms with E-state index in [2.05, 4.69) is 10.1 Å². The molecule has 1 aromatic carbocycles. The van der Waals surface area contributed by atoms with Gasteiger partial charge < -0.3 is 9.84 Å². The maximum absolute atomic E-state index is 11.6. The van der Waals surface area contributed by atoms with Crippen molar-refractivity contribution in [2.75, 3.05) is 12.9 Å². The van der Waals surface area contributed by atoms with Crippen molar-refractivity contribution in [3.63, 3.8) is 0 Å². The van der Waals surface area contributed by atoms with Crippen molar-refractivity contribution in [2.24, 2.45) is 0 Å². The van der Waals surface area contributed by atoms with Crippen molar-refractivity contribution in [3.05, 3.63) is 53.9 Å². The molecular weight excluding hydrogens is 350 g/mol. The molecule has 0 saturated carbocycles. The molecule has 134 valence electrons. The molecule has 2 aromatic heterocycles. The second-order valence-corrected chi connectivity index (χ2v) is 7.62. The molecule has 7 heteroatoms. The van der Waals surface area contributed by atoms with Gasteiger partial charge in [-0.15, -0.1) is 0 Å². The van der Waals surface area contributed by atoms with Gasteiger partial charge in [-0.05, 0) is 48.9 Å². The van der Waals surface area contributed by atoms with Crippen LogP contribution in [-0.4, -0.2) is 44.0 Å². The largest absolute Gasteiger partial charge is 0.465 e. The lowest BCUT2D eigenvalue weighted by Gasteiger charge is -2.17. The quantitative estimate of drug-likeness (QED) is 0.712. The average molecular weight is 369 g/mol. The van der Waals surface area contributed by atoms with Crippen LogP contribution in [-0.2, 0) is 4.74 Å². The number of hydrogen-bond acceptors (Lipinski definition) is 6. The van der Waals surface area contributed by atoms with Crippen LogP contribution >= 0.6 is 11.8 Å². The molecule has 0 bridgehead atoms. The zero-order chi connectivity index (χ0) is 18.1. The summed E-state index contributed by atoms with van der Waals surface area (Å²) in [7, 11) is 1.36. The Morgan fingerprint density at radius 3 is 2.85 bits per heavy atom. The molecule has 1 aliphatic rings. The summed E-state index contributed by atoms with van der Waals surface area (Å²) in [6.07, 6.45) is 5.17. The summed E-state index contributed by atoms with van der Waals surface area (Å²) >= 11 is 1.82. The van der Waals surface area contributed by atoms with Crippen LogP contribution in [0.2, 0.25) is 0 Å². The van der Waals surface area contributed by atoms with E-state index in [0.29, 0.717) is 11.2 Å². The number of nitrogens with zero attached hydrogens (tertiary/aromatic N) is 3. The Balaban J connectivity index is 1.64. The molecule has 1 saturated heterocycles.